The van der Waals surface area contributed by atoms with Gasteiger partial charge in [-0.25, -0.2) is 0 Å². The molecule has 0 aliphatic heterocycles. The van der Waals surface area contributed by atoms with Crippen molar-refractivity contribution in [3.05, 3.63) is 54.7 Å². The van der Waals surface area contributed by atoms with Gasteiger partial charge in [-0.15, -0.1) is 11.3 Å². The van der Waals surface area contributed by atoms with Gasteiger partial charge in [-0.1, -0.05) is 0 Å². The van der Waals surface area contributed by atoms with E-state index < -0.39 is 4.92 Å². The molecule has 0 spiro atoms. The maximum absolute atomic E-state index is 12.1. The number of benzene rings is 1. The van der Waals surface area contributed by atoms with Crippen LogP contribution in [0.25, 0.3) is 0 Å². The quantitative estimate of drug-likeness (QED) is 0.646. The highest BCUT2D eigenvalue weighted by molar-refractivity contribution is 9.10. The maximum atomic E-state index is 12.1. The summed E-state index contributed by atoms with van der Waals surface area (Å²) in [5.74, 6) is -0.256. The lowest BCUT2D eigenvalue weighted by Gasteiger charge is -2.06. The fourth-order valence-electron chi connectivity index (χ4n) is 1.68. The van der Waals surface area contributed by atoms with Crippen molar-refractivity contribution in [3.63, 3.8) is 0 Å². The first kappa shape index (κ1) is 15.5. The average molecular weight is 371 g/mol. The van der Waals surface area contributed by atoms with Gasteiger partial charge in [0.25, 0.3) is 5.91 Å². The lowest BCUT2D eigenvalue weighted by molar-refractivity contribution is -0.385. The maximum Gasteiger partial charge on any atom is 0.310 e. The molecular weight excluding hydrogens is 360 g/mol. The molecule has 21 heavy (non-hydrogen) atoms. The first-order chi connectivity index (χ1) is 10.0. The Bertz CT molecular complexity index is 687. The standard InChI is InChI=1S/C13H11BrN2O4S/c1-20-11-6-8(2-3-10(11)16(18)19)13(17)15-7-12-9(14)4-5-21-12/h2-6H,7H2,1H3,(H,15,17). The molecule has 1 aromatic carbocycles. The minimum absolute atomic E-state index is 0.0601. The highest BCUT2D eigenvalue weighted by Crippen LogP contribution is 2.27. The van der Waals surface area contributed by atoms with Crippen molar-refractivity contribution in [2.45, 2.75) is 6.54 Å². The number of nitro groups is 1. The van der Waals surface area contributed by atoms with Crippen molar-refractivity contribution < 1.29 is 14.5 Å². The summed E-state index contributed by atoms with van der Waals surface area (Å²) in [5.41, 5.74) is 0.139. The Morgan fingerprint density at radius 2 is 2.24 bits per heavy atom. The molecule has 0 aliphatic rings. The topological polar surface area (TPSA) is 81.5 Å². The van der Waals surface area contributed by atoms with Gasteiger partial charge in [0.2, 0.25) is 0 Å². The average Bonchev–Trinajstić information content (AvgIpc) is 2.89. The molecule has 1 amide bonds. The third-order valence-corrected chi connectivity index (χ3v) is 4.67. The molecule has 0 aliphatic carbocycles. The number of hydrogen-bond donors (Lipinski definition) is 1. The molecule has 0 saturated heterocycles. The summed E-state index contributed by atoms with van der Waals surface area (Å²) in [6, 6.07) is 5.92. The molecule has 0 radical (unpaired) electrons. The summed E-state index contributed by atoms with van der Waals surface area (Å²) in [5, 5.41) is 15.5. The van der Waals surface area contributed by atoms with Crippen LogP contribution in [-0.4, -0.2) is 17.9 Å². The van der Waals surface area contributed by atoms with E-state index in [0.717, 1.165) is 9.35 Å². The highest BCUT2D eigenvalue weighted by atomic mass is 79.9. The van der Waals surface area contributed by atoms with E-state index in [4.69, 9.17) is 4.74 Å². The predicted molar refractivity (Wildman–Crippen MR) is 82.8 cm³/mol. The van der Waals surface area contributed by atoms with Gasteiger partial charge < -0.3 is 10.1 Å². The first-order valence-electron chi connectivity index (χ1n) is 5.85. The summed E-state index contributed by atoms with van der Waals surface area (Å²) < 4.78 is 5.88. The number of thiophene rings is 1. The second kappa shape index (κ2) is 6.68. The molecule has 2 aromatic rings. The Morgan fingerprint density at radius 3 is 2.81 bits per heavy atom. The number of ether oxygens (including phenoxy) is 1. The Hall–Kier alpha value is -1.93. The van der Waals surface area contributed by atoms with Gasteiger partial charge in [-0.3, -0.25) is 14.9 Å². The Balaban J connectivity index is 2.12. The minimum atomic E-state index is -0.552. The van der Waals surface area contributed by atoms with Gasteiger partial charge in [0, 0.05) is 27.0 Å². The Kier molecular flexibility index (Phi) is 4.92. The van der Waals surface area contributed by atoms with Crippen LogP contribution >= 0.6 is 27.3 Å². The molecule has 1 aromatic heterocycles. The van der Waals surface area contributed by atoms with Gasteiger partial charge in [0.1, 0.15) is 0 Å². The van der Waals surface area contributed by atoms with Crippen LogP contribution in [0.5, 0.6) is 5.75 Å². The van der Waals surface area contributed by atoms with Crippen LogP contribution < -0.4 is 10.1 Å². The number of methoxy groups -OCH3 is 1. The van der Waals surface area contributed by atoms with Crippen molar-refractivity contribution in [1.29, 1.82) is 0 Å². The third-order valence-electron chi connectivity index (χ3n) is 2.74. The van der Waals surface area contributed by atoms with Crippen molar-refractivity contribution in [2.24, 2.45) is 0 Å². The summed E-state index contributed by atoms with van der Waals surface area (Å²) in [6.07, 6.45) is 0. The van der Waals surface area contributed by atoms with E-state index in [9.17, 15) is 14.9 Å². The van der Waals surface area contributed by atoms with E-state index in [-0.39, 0.29) is 17.3 Å². The second-order valence-corrected chi connectivity index (χ2v) is 5.87. The molecule has 1 N–H and O–H groups in total. The molecule has 1 heterocycles. The fourth-order valence-corrected chi connectivity index (χ4v) is 3.12. The number of amides is 1. The van der Waals surface area contributed by atoms with Crippen LogP contribution in [0.15, 0.2) is 34.1 Å². The molecule has 0 saturated carbocycles. The van der Waals surface area contributed by atoms with E-state index in [0.29, 0.717) is 12.1 Å². The summed E-state index contributed by atoms with van der Waals surface area (Å²) in [4.78, 5) is 23.3. The van der Waals surface area contributed by atoms with Crippen LogP contribution in [0.4, 0.5) is 5.69 Å². The van der Waals surface area contributed by atoms with Gasteiger partial charge in [-0.2, -0.15) is 0 Å². The Labute approximate surface area is 133 Å². The molecule has 0 fully saturated rings. The lowest BCUT2D eigenvalue weighted by Crippen LogP contribution is -2.22. The fraction of sp³-hybridized carbons (Fsp3) is 0.154. The molecule has 0 atom stereocenters. The summed E-state index contributed by atoms with van der Waals surface area (Å²) in [7, 11) is 1.33. The normalized spacial score (nSPS) is 10.2. The number of nitrogens with one attached hydrogen (secondary N) is 1. The zero-order chi connectivity index (χ0) is 15.4. The first-order valence-corrected chi connectivity index (χ1v) is 7.52. The van der Waals surface area contributed by atoms with Crippen LogP contribution in [0.2, 0.25) is 0 Å². The summed E-state index contributed by atoms with van der Waals surface area (Å²) in [6.45, 7) is 0.385. The number of nitro benzene ring substituents is 1. The van der Waals surface area contributed by atoms with Gasteiger partial charge >= 0.3 is 5.69 Å². The molecule has 0 unspecified atom stereocenters. The zero-order valence-electron chi connectivity index (χ0n) is 11.0. The summed E-state index contributed by atoms with van der Waals surface area (Å²) >= 11 is 4.91. The largest absolute Gasteiger partial charge is 0.490 e. The van der Waals surface area contributed by atoms with E-state index in [1.807, 2.05) is 11.4 Å². The van der Waals surface area contributed by atoms with Crippen molar-refractivity contribution in [3.8, 4) is 5.75 Å². The number of nitrogens with zero attached hydrogens (tertiary/aromatic N) is 1. The van der Waals surface area contributed by atoms with Crippen molar-refractivity contribution in [2.75, 3.05) is 7.11 Å². The molecule has 0 bridgehead atoms. The monoisotopic (exact) mass is 370 g/mol. The molecule has 110 valence electrons. The van der Waals surface area contributed by atoms with Crippen molar-refractivity contribution in [1.82, 2.24) is 5.32 Å². The number of carbonyl (C=O) groups is 1. The number of rotatable bonds is 5. The number of carbonyl (C=O) groups excluding carboxylic acids is 1. The molecule has 2 rings (SSSR count). The van der Waals surface area contributed by atoms with Crippen LogP contribution in [0.1, 0.15) is 15.2 Å². The predicted octanol–water partition coefficient (Wildman–Crippen LogP) is 3.36. The third kappa shape index (κ3) is 3.59. The smallest absolute Gasteiger partial charge is 0.310 e. The number of hydrogen-bond acceptors (Lipinski definition) is 5. The molecule has 8 heteroatoms. The van der Waals surface area contributed by atoms with E-state index >= 15 is 0 Å². The highest BCUT2D eigenvalue weighted by Gasteiger charge is 2.17. The Morgan fingerprint density at radius 1 is 1.48 bits per heavy atom. The second-order valence-electron chi connectivity index (χ2n) is 4.02. The SMILES string of the molecule is COc1cc(C(=O)NCc2sccc2Br)ccc1[N+](=O)[O-]. The lowest BCUT2D eigenvalue weighted by atomic mass is 10.1. The van der Waals surface area contributed by atoms with Crippen molar-refractivity contribution >= 4 is 38.9 Å². The van der Waals surface area contributed by atoms with Gasteiger partial charge in [-0.05, 0) is 33.4 Å². The molecular formula is C13H11BrN2O4S. The van der Waals surface area contributed by atoms with Gasteiger partial charge in [0.15, 0.2) is 5.75 Å². The number of halogens is 1. The van der Waals surface area contributed by atoms with E-state index in [2.05, 4.69) is 21.2 Å². The van der Waals surface area contributed by atoms with Crippen LogP contribution in [0.3, 0.4) is 0 Å². The van der Waals surface area contributed by atoms with E-state index in [1.165, 1.54) is 36.6 Å². The zero-order valence-corrected chi connectivity index (χ0v) is 13.4. The van der Waals surface area contributed by atoms with Gasteiger partial charge in [0.05, 0.1) is 18.6 Å². The van der Waals surface area contributed by atoms with Crippen LogP contribution in [-0.2, 0) is 6.54 Å². The van der Waals surface area contributed by atoms with Crippen LogP contribution in [0, 0.1) is 10.1 Å². The minimum Gasteiger partial charge on any atom is -0.490 e. The molecule has 6 nitrogen and oxygen atoms in total. The van der Waals surface area contributed by atoms with E-state index in [1.54, 1.807) is 0 Å².